The molecule has 1 heterocycles. The fourth-order valence-corrected chi connectivity index (χ4v) is 2.15. The van der Waals surface area contributed by atoms with Crippen LogP contribution < -0.4 is 0 Å². The number of rotatable bonds is 4. The molecule has 1 atom stereocenters. The maximum atomic E-state index is 12.7. The van der Waals surface area contributed by atoms with E-state index in [0.717, 1.165) is 17.7 Å². The highest BCUT2D eigenvalue weighted by Crippen LogP contribution is 2.36. The second-order valence-electron chi connectivity index (χ2n) is 5.12. The monoisotopic (exact) mass is 287 g/mol. The number of carbonyl (C=O) groups is 1. The van der Waals surface area contributed by atoms with Gasteiger partial charge in [-0.1, -0.05) is 0 Å². The van der Waals surface area contributed by atoms with Gasteiger partial charge in [0.1, 0.15) is 18.1 Å². The molecular formula is C13H16F3N3O. The molecule has 110 valence electrons. The third-order valence-corrected chi connectivity index (χ3v) is 3.40. The van der Waals surface area contributed by atoms with E-state index in [1.807, 2.05) is 0 Å². The summed E-state index contributed by atoms with van der Waals surface area (Å²) >= 11 is 0. The van der Waals surface area contributed by atoms with Gasteiger partial charge in [0, 0.05) is 12.2 Å². The average molecular weight is 287 g/mol. The van der Waals surface area contributed by atoms with Gasteiger partial charge in [-0.25, -0.2) is 9.97 Å². The Morgan fingerprint density at radius 2 is 2.15 bits per heavy atom. The Morgan fingerprint density at radius 1 is 1.50 bits per heavy atom. The lowest BCUT2D eigenvalue weighted by atomic mass is 10.1. The quantitative estimate of drug-likeness (QED) is 0.855. The van der Waals surface area contributed by atoms with Crippen LogP contribution in [0.5, 0.6) is 0 Å². The van der Waals surface area contributed by atoms with Crippen LogP contribution in [-0.2, 0) is 0 Å². The van der Waals surface area contributed by atoms with E-state index in [1.165, 1.54) is 12.3 Å². The highest BCUT2D eigenvalue weighted by Gasteiger charge is 2.41. The summed E-state index contributed by atoms with van der Waals surface area (Å²) in [4.78, 5) is 20.9. The molecule has 0 aliphatic heterocycles. The van der Waals surface area contributed by atoms with Gasteiger partial charge in [-0.15, -0.1) is 0 Å². The lowest BCUT2D eigenvalue weighted by molar-refractivity contribution is -0.144. The summed E-state index contributed by atoms with van der Waals surface area (Å²) in [5.41, 5.74) is 0.00856. The molecular weight excluding hydrogens is 271 g/mol. The van der Waals surface area contributed by atoms with Crippen LogP contribution in [0.2, 0.25) is 0 Å². The molecule has 1 aliphatic carbocycles. The number of carbonyl (C=O) groups excluding carboxylic acids is 1. The van der Waals surface area contributed by atoms with Crippen molar-refractivity contribution in [1.82, 2.24) is 14.9 Å². The molecule has 1 aromatic heterocycles. The number of amides is 1. The Morgan fingerprint density at radius 3 is 2.65 bits per heavy atom. The first-order valence-corrected chi connectivity index (χ1v) is 6.45. The predicted octanol–water partition coefficient (Wildman–Crippen LogP) is 2.59. The van der Waals surface area contributed by atoms with Crippen molar-refractivity contribution in [2.24, 2.45) is 5.92 Å². The first-order chi connectivity index (χ1) is 9.28. The van der Waals surface area contributed by atoms with Crippen molar-refractivity contribution in [2.45, 2.75) is 38.9 Å². The number of halogens is 3. The van der Waals surface area contributed by atoms with Gasteiger partial charge in [0.2, 0.25) is 0 Å². The minimum atomic E-state index is -4.42. The van der Waals surface area contributed by atoms with Crippen LogP contribution in [0.15, 0.2) is 12.3 Å². The van der Waals surface area contributed by atoms with Crippen molar-refractivity contribution in [1.29, 1.82) is 0 Å². The molecule has 0 bridgehead atoms. The third-order valence-electron chi connectivity index (χ3n) is 3.40. The van der Waals surface area contributed by atoms with Gasteiger partial charge in [0.05, 0.1) is 0 Å². The normalized spacial score (nSPS) is 16.9. The lowest BCUT2D eigenvalue weighted by Crippen LogP contribution is -2.45. The van der Waals surface area contributed by atoms with Gasteiger partial charge in [0.25, 0.3) is 5.91 Å². The highest BCUT2D eigenvalue weighted by molar-refractivity contribution is 5.92. The zero-order chi connectivity index (χ0) is 14.9. The number of hydrogen-bond donors (Lipinski definition) is 0. The molecule has 1 fully saturated rings. The molecule has 1 amide bonds. The molecule has 0 N–H and O–H groups in total. The Balaban J connectivity index is 2.23. The van der Waals surface area contributed by atoms with E-state index in [9.17, 15) is 18.0 Å². The van der Waals surface area contributed by atoms with Gasteiger partial charge < -0.3 is 4.90 Å². The topological polar surface area (TPSA) is 46.1 Å². The van der Waals surface area contributed by atoms with Crippen LogP contribution >= 0.6 is 0 Å². The molecule has 4 nitrogen and oxygen atoms in total. The van der Waals surface area contributed by atoms with Crippen molar-refractivity contribution < 1.29 is 18.0 Å². The van der Waals surface area contributed by atoms with Gasteiger partial charge in [-0.2, -0.15) is 13.2 Å². The van der Waals surface area contributed by atoms with Gasteiger partial charge in [-0.3, -0.25) is 4.79 Å². The molecule has 1 saturated carbocycles. The molecule has 20 heavy (non-hydrogen) atoms. The van der Waals surface area contributed by atoms with Gasteiger partial charge in [-0.05, 0) is 38.7 Å². The fraction of sp³-hybridized carbons (Fsp3) is 0.615. The maximum absolute atomic E-state index is 12.7. The predicted molar refractivity (Wildman–Crippen MR) is 66.0 cm³/mol. The van der Waals surface area contributed by atoms with E-state index in [1.54, 1.807) is 13.8 Å². The molecule has 2 rings (SSSR count). The molecule has 0 unspecified atom stereocenters. The molecule has 0 saturated heterocycles. The number of nitrogens with zero attached hydrogens (tertiary/aromatic N) is 3. The Hall–Kier alpha value is -1.66. The molecule has 1 aliphatic rings. The number of aromatic nitrogens is 2. The van der Waals surface area contributed by atoms with Crippen molar-refractivity contribution in [3.63, 3.8) is 0 Å². The van der Waals surface area contributed by atoms with Crippen molar-refractivity contribution >= 4 is 5.91 Å². The fourth-order valence-electron chi connectivity index (χ4n) is 2.15. The summed E-state index contributed by atoms with van der Waals surface area (Å²) in [6.07, 6.45) is -1.30. The van der Waals surface area contributed by atoms with Crippen molar-refractivity contribution in [3.05, 3.63) is 23.8 Å². The van der Waals surface area contributed by atoms with Crippen LogP contribution in [0.4, 0.5) is 13.2 Å². The maximum Gasteiger partial charge on any atom is 0.406 e. The van der Waals surface area contributed by atoms with Crippen LogP contribution in [0, 0.1) is 12.8 Å². The number of alkyl halides is 3. The van der Waals surface area contributed by atoms with E-state index >= 15 is 0 Å². The van der Waals surface area contributed by atoms with E-state index in [2.05, 4.69) is 9.97 Å². The summed E-state index contributed by atoms with van der Waals surface area (Å²) in [7, 11) is 0. The molecule has 0 spiro atoms. The second-order valence-corrected chi connectivity index (χ2v) is 5.12. The highest BCUT2D eigenvalue weighted by atomic mass is 19.4. The Kier molecular flexibility index (Phi) is 3.96. The zero-order valence-electron chi connectivity index (χ0n) is 11.3. The lowest BCUT2D eigenvalue weighted by Gasteiger charge is -2.30. The SMILES string of the molecule is Cc1nccc(C(=O)N(CC(F)(F)F)[C@H](C)C2CC2)n1. The van der Waals surface area contributed by atoms with E-state index in [0.29, 0.717) is 5.82 Å². The van der Waals surface area contributed by atoms with Crippen LogP contribution in [0.25, 0.3) is 0 Å². The van der Waals surface area contributed by atoms with E-state index < -0.39 is 24.7 Å². The molecule has 7 heteroatoms. The van der Waals surface area contributed by atoms with Gasteiger partial charge in [0.15, 0.2) is 0 Å². The third kappa shape index (κ3) is 3.68. The van der Waals surface area contributed by atoms with Crippen molar-refractivity contribution in [2.75, 3.05) is 6.54 Å². The van der Waals surface area contributed by atoms with Crippen LogP contribution in [-0.4, -0.2) is 39.5 Å². The molecule has 0 radical (unpaired) electrons. The summed E-state index contributed by atoms with van der Waals surface area (Å²) in [5, 5.41) is 0. The Labute approximate surface area is 115 Å². The second kappa shape index (κ2) is 5.38. The number of hydrogen-bond acceptors (Lipinski definition) is 3. The summed E-state index contributed by atoms with van der Waals surface area (Å²) < 4.78 is 38.0. The van der Waals surface area contributed by atoms with E-state index in [-0.39, 0.29) is 11.6 Å². The molecule has 1 aromatic rings. The van der Waals surface area contributed by atoms with E-state index in [4.69, 9.17) is 0 Å². The van der Waals surface area contributed by atoms with Crippen LogP contribution in [0.1, 0.15) is 36.1 Å². The largest absolute Gasteiger partial charge is 0.406 e. The zero-order valence-corrected chi connectivity index (χ0v) is 11.3. The average Bonchev–Trinajstić information content (AvgIpc) is 3.17. The number of aryl methyl sites for hydroxylation is 1. The first kappa shape index (κ1) is 14.7. The smallest absolute Gasteiger partial charge is 0.325 e. The standard InChI is InChI=1S/C13H16F3N3O/c1-8(10-3-4-10)19(7-13(14,15)16)12(20)11-5-6-17-9(2)18-11/h5-6,8,10H,3-4,7H2,1-2H3/t8-/m1/s1. The minimum absolute atomic E-state index is 0.00856. The summed E-state index contributed by atoms with van der Waals surface area (Å²) in [6.45, 7) is 2.01. The summed E-state index contributed by atoms with van der Waals surface area (Å²) in [5.74, 6) is -0.168. The summed E-state index contributed by atoms with van der Waals surface area (Å²) in [6, 6.07) is 0.914. The van der Waals surface area contributed by atoms with Crippen LogP contribution in [0.3, 0.4) is 0 Å². The Bertz CT molecular complexity index is 500. The first-order valence-electron chi connectivity index (χ1n) is 6.45. The van der Waals surface area contributed by atoms with Crippen molar-refractivity contribution in [3.8, 4) is 0 Å². The minimum Gasteiger partial charge on any atom is -0.325 e. The van der Waals surface area contributed by atoms with Gasteiger partial charge >= 0.3 is 6.18 Å². The molecule has 0 aromatic carbocycles.